The zero-order valence-electron chi connectivity index (χ0n) is 14.3. The highest BCUT2D eigenvalue weighted by atomic mass is 16.6. The molecule has 0 N–H and O–H groups in total. The minimum atomic E-state index is 0.273. The van der Waals surface area contributed by atoms with E-state index in [1.54, 1.807) is 0 Å². The molecule has 2 saturated heterocycles. The van der Waals surface area contributed by atoms with E-state index in [1.165, 1.54) is 25.7 Å². The first kappa shape index (κ1) is 17.2. The summed E-state index contributed by atoms with van der Waals surface area (Å²) >= 11 is 0. The van der Waals surface area contributed by atoms with Gasteiger partial charge < -0.3 is 14.2 Å². The van der Waals surface area contributed by atoms with Gasteiger partial charge in [-0.2, -0.15) is 0 Å². The minimum Gasteiger partial charge on any atom is -0.370 e. The van der Waals surface area contributed by atoms with Crippen molar-refractivity contribution in [1.82, 2.24) is 0 Å². The Kier molecular flexibility index (Phi) is 6.97. The smallest absolute Gasteiger partial charge is 0.107 e. The van der Waals surface area contributed by atoms with Crippen LogP contribution in [-0.2, 0) is 14.2 Å². The molecule has 3 nitrogen and oxygen atoms in total. The standard InChI is InChI=1S/C18H34O3/c1-5-7-13(3)9-15(17-11-19-17)21-16(18-12-20-18)10-14(4)8-6-2/h13-18H,5-12H2,1-4H3. The molecule has 0 amide bonds. The second kappa shape index (κ2) is 8.50. The quantitative estimate of drug-likeness (QED) is 0.507. The Morgan fingerprint density at radius 3 is 1.52 bits per heavy atom. The predicted octanol–water partition coefficient (Wildman–Crippen LogP) is 4.19. The van der Waals surface area contributed by atoms with Gasteiger partial charge in [0.05, 0.1) is 25.4 Å². The van der Waals surface area contributed by atoms with Crippen LogP contribution in [-0.4, -0.2) is 37.6 Å². The van der Waals surface area contributed by atoms with E-state index in [9.17, 15) is 0 Å². The molecule has 6 unspecified atom stereocenters. The zero-order chi connectivity index (χ0) is 15.2. The maximum Gasteiger partial charge on any atom is 0.107 e. The van der Waals surface area contributed by atoms with Gasteiger partial charge in [0.25, 0.3) is 0 Å². The van der Waals surface area contributed by atoms with Crippen LogP contribution in [0.15, 0.2) is 0 Å². The third-order valence-corrected chi connectivity index (χ3v) is 4.73. The number of ether oxygens (including phenoxy) is 3. The molecule has 0 saturated carbocycles. The Labute approximate surface area is 130 Å². The van der Waals surface area contributed by atoms with Crippen molar-refractivity contribution in [2.75, 3.05) is 13.2 Å². The second-order valence-corrected chi connectivity index (χ2v) is 7.22. The Hall–Kier alpha value is -0.120. The van der Waals surface area contributed by atoms with Crippen molar-refractivity contribution >= 4 is 0 Å². The number of epoxide rings is 2. The molecule has 124 valence electrons. The largest absolute Gasteiger partial charge is 0.370 e. The summed E-state index contributed by atoms with van der Waals surface area (Å²) in [4.78, 5) is 0. The van der Waals surface area contributed by atoms with Crippen molar-refractivity contribution < 1.29 is 14.2 Å². The van der Waals surface area contributed by atoms with Crippen molar-refractivity contribution in [3.8, 4) is 0 Å². The lowest BCUT2D eigenvalue weighted by Crippen LogP contribution is -2.33. The van der Waals surface area contributed by atoms with Gasteiger partial charge >= 0.3 is 0 Å². The normalized spacial score (nSPS) is 29.7. The van der Waals surface area contributed by atoms with Crippen LogP contribution in [0.5, 0.6) is 0 Å². The summed E-state index contributed by atoms with van der Waals surface area (Å²) in [7, 11) is 0. The first-order chi connectivity index (χ1) is 10.1. The van der Waals surface area contributed by atoms with Gasteiger partial charge in [-0.05, 0) is 24.7 Å². The first-order valence-electron chi connectivity index (χ1n) is 9.02. The van der Waals surface area contributed by atoms with Crippen LogP contribution < -0.4 is 0 Å². The first-order valence-corrected chi connectivity index (χ1v) is 9.02. The van der Waals surface area contributed by atoms with Crippen molar-refractivity contribution in [2.45, 2.75) is 90.6 Å². The maximum atomic E-state index is 6.48. The summed E-state index contributed by atoms with van der Waals surface area (Å²) in [6, 6.07) is 0. The van der Waals surface area contributed by atoms with E-state index in [2.05, 4.69) is 27.7 Å². The lowest BCUT2D eigenvalue weighted by atomic mass is 9.95. The highest BCUT2D eigenvalue weighted by Crippen LogP contribution is 2.31. The number of hydrogen-bond donors (Lipinski definition) is 0. The summed E-state index contributed by atoms with van der Waals surface area (Å²) in [6.45, 7) is 11.0. The second-order valence-electron chi connectivity index (χ2n) is 7.22. The van der Waals surface area contributed by atoms with Crippen molar-refractivity contribution in [3.05, 3.63) is 0 Å². The van der Waals surface area contributed by atoms with E-state index < -0.39 is 0 Å². The molecule has 0 aromatic rings. The van der Waals surface area contributed by atoms with Gasteiger partial charge in [0, 0.05) is 0 Å². The zero-order valence-corrected chi connectivity index (χ0v) is 14.3. The fourth-order valence-corrected chi connectivity index (χ4v) is 3.37. The Bertz CT molecular complexity index is 258. The topological polar surface area (TPSA) is 34.3 Å². The van der Waals surface area contributed by atoms with Crippen LogP contribution in [0.1, 0.15) is 66.2 Å². The average molecular weight is 298 g/mol. The highest BCUT2D eigenvalue weighted by Gasteiger charge is 2.41. The Balaban J connectivity index is 1.83. The molecule has 0 aliphatic carbocycles. The minimum absolute atomic E-state index is 0.273. The molecule has 2 aliphatic rings. The summed E-state index contributed by atoms with van der Waals surface area (Å²) in [5.74, 6) is 1.44. The molecule has 0 bridgehead atoms. The van der Waals surface area contributed by atoms with Gasteiger partial charge in [-0.1, -0.05) is 53.4 Å². The van der Waals surface area contributed by atoms with E-state index in [0.29, 0.717) is 12.2 Å². The number of hydrogen-bond acceptors (Lipinski definition) is 3. The molecule has 2 heterocycles. The lowest BCUT2D eigenvalue weighted by molar-refractivity contribution is -0.0568. The van der Waals surface area contributed by atoms with Crippen LogP contribution in [0.2, 0.25) is 0 Å². The lowest BCUT2D eigenvalue weighted by Gasteiger charge is -2.27. The highest BCUT2D eigenvalue weighted by molar-refractivity contribution is 4.87. The van der Waals surface area contributed by atoms with Crippen LogP contribution in [0.25, 0.3) is 0 Å². The van der Waals surface area contributed by atoms with Gasteiger partial charge in [0.2, 0.25) is 0 Å². The SMILES string of the molecule is CCCC(C)CC(OC(CC(C)CCC)C1CO1)C1CO1. The van der Waals surface area contributed by atoms with E-state index >= 15 is 0 Å². The molecule has 0 radical (unpaired) electrons. The molecule has 0 spiro atoms. The van der Waals surface area contributed by atoms with Crippen LogP contribution in [0.4, 0.5) is 0 Å². The monoisotopic (exact) mass is 298 g/mol. The van der Waals surface area contributed by atoms with E-state index in [4.69, 9.17) is 14.2 Å². The third kappa shape index (κ3) is 6.25. The fraction of sp³-hybridized carbons (Fsp3) is 1.00. The molecule has 3 heteroatoms. The maximum absolute atomic E-state index is 6.48. The molecule has 21 heavy (non-hydrogen) atoms. The molecule has 2 aliphatic heterocycles. The molecular weight excluding hydrogens is 264 g/mol. The summed E-state index contributed by atoms with van der Waals surface area (Å²) in [6.07, 6.45) is 8.55. The average Bonchev–Trinajstić information content (AvgIpc) is 3.29. The van der Waals surface area contributed by atoms with E-state index in [0.717, 1.165) is 37.9 Å². The Morgan fingerprint density at radius 2 is 1.24 bits per heavy atom. The van der Waals surface area contributed by atoms with Crippen molar-refractivity contribution in [2.24, 2.45) is 11.8 Å². The summed E-state index contributed by atoms with van der Waals surface area (Å²) in [5, 5.41) is 0. The summed E-state index contributed by atoms with van der Waals surface area (Å²) in [5.41, 5.74) is 0. The number of rotatable bonds is 12. The van der Waals surface area contributed by atoms with Gasteiger partial charge in [0.15, 0.2) is 0 Å². The van der Waals surface area contributed by atoms with Gasteiger partial charge in [-0.25, -0.2) is 0 Å². The van der Waals surface area contributed by atoms with Crippen LogP contribution in [0.3, 0.4) is 0 Å². The summed E-state index contributed by atoms with van der Waals surface area (Å²) < 4.78 is 17.6. The van der Waals surface area contributed by atoms with Gasteiger partial charge in [0.1, 0.15) is 12.2 Å². The van der Waals surface area contributed by atoms with E-state index in [-0.39, 0.29) is 12.2 Å². The third-order valence-electron chi connectivity index (χ3n) is 4.73. The molecule has 0 aromatic carbocycles. The molecule has 2 fully saturated rings. The van der Waals surface area contributed by atoms with Crippen molar-refractivity contribution in [1.29, 1.82) is 0 Å². The van der Waals surface area contributed by atoms with Crippen molar-refractivity contribution in [3.63, 3.8) is 0 Å². The van der Waals surface area contributed by atoms with Crippen LogP contribution in [0, 0.1) is 11.8 Å². The molecule has 6 atom stereocenters. The Morgan fingerprint density at radius 1 is 0.857 bits per heavy atom. The van der Waals surface area contributed by atoms with Crippen LogP contribution >= 0.6 is 0 Å². The van der Waals surface area contributed by atoms with Gasteiger partial charge in [-0.15, -0.1) is 0 Å². The molecular formula is C18H34O3. The molecule has 0 aromatic heterocycles. The predicted molar refractivity (Wildman–Crippen MR) is 85.5 cm³/mol. The molecule has 2 rings (SSSR count). The van der Waals surface area contributed by atoms with E-state index in [1.807, 2.05) is 0 Å². The van der Waals surface area contributed by atoms with Gasteiger partial charge in [-0.3, -0.25) is 0 Å². The fourth-order valence-electron chi connectivity index (χ4n) is 3.37.